The SMILES string of the molecule is Cc1cc(OCCN(C)C)c(N)cn1. The molecule has 0 aromatic carbocycles. The van der Waals surface area contributed by atoms with Crippen LogP contribution >= 0.6 is 0 Å². The summed E-state index contributed by atoms with van der Waals surface area (Å²) in [7, 11) is 4.01. The molecule has 4 heteroatoms. The van der Waals surface area contributed by atoms with Gasteiger partial charge in [0.15, 0.2) is 0 Å². The number of anilines is 1. The number of pyridine rings is 1. The molecule has 0 saturated heterocycles. The zero-order chi connectivity index (χ0) is 10.6. The standard InChI is InChI=1S/C10H17N3O/c1-8-6-10(9(11)7-12-8)14-5-4-13(2)3/h6-7H,4-5,11H2,1-3H3. The van der Waals surface area contributed by atoms with Crippen molar-refractivity contribution in [2.75, 3.05) is 33.0 Å². The molecule has 1 rings (SSSR count). The third kappa shape index (κ3) is 3.22. The molecule has 0 aliphatic heterocycles. The molecule has 0 fully saturated rings. The lowest BCUT2D eigenvalue weighted by Crippen LogP contribution is -2.19. The van der Waals surface area contributed by atoms with E-state index in [1.54, 1.807) is 6.20 Å². The molecular weight excluding hydrogens is 178 g/mol. The minimum atomic E-state index is 0.592. The zero-order valence-electron chi connectivity index (χ0n) is 8.95. The third-order valence-corrected chi connectivity index (χ3v) is 1.83. The molecular formula is C10H17N3O. The van der Waals surface area contributed by atoms with Crippen molar-refractivity contribution in [3.05, 3.63) is 18.0 Å². The molecule has 0 bridgehead atoms. The lowest BCUT2D eigenvalue weighted by molar-refractivity contribution is 0.262. The highest BCUT2D eigenvalue weighted by molar-refractivity contribution is 5.50. The number of hydrogen-bond donors (Lipinski definition) is 1. The Hall–Kier alpha value is -1.29. The number of ether oxygens (including phenoxy) is 1. The van der Waals surface area contributed by atoms with Crippen LogP contribution in [0.3, 0.4) is 0 Å². The number of aromatic nitrogens is 1. The monoisotopic (exact) mass is 195 g/mol. The predicted molar refractivity (Wildman–Crippen MR) is 57.4 cm³/mol. The van der Waals surface area contributed by atoms with Gasteiger partial charge in [-0.15, -0.1) is 0 Å². The van der Waals surface area contributed by atoms with Crippen LogP contribution in [0.1, 0.15) is 5.69 Å². The van der Waals surface area contributed by atoms with Crippen LogP contribution in [0.2, 0.25) is 0 Å². The number of hydrogen-bond acceptors (Lipinski definition) is 4. The summed E-state index contributed by atoms with van der Waals surface area (Å²) in [6.07, 6.45) is 1.63. The first-order chi connectivity index (χ1) is 6.59. The highest BCUT2D eigenvalue weighted by atomic mass is 16.5. The maximum absolute atomic E-state index is 5.71. The molecule has 0 saturated carbocycles. The first kappa shape index (κ1) is 10.8. The zero-order valence-corrected chi connectivity index (χ0v) is 8.95. The van der Waals surface area contributed by atoms with Crippen molar-refractivity contribution in [1.82, 2.24) is 9.88 Å². The molecule has 4 nitrogen and oxygen atoms in total. The molecule has 0 radical (unpaired) electrons. The Bertz CT molecular complexity index is 299. The number of nitrogens with two attached hydrogens (primary N) is 1. The van der Waals surface area contributed by atoms with Crippen LogP contribution in [0.5, 0.6) is 5.75 Å². The van der Waals surface area contributed by atoms with Crippen LogP contribution < -0.4 is 10.5 Å². The summed E-state index contributed by atoms with van der Waals surface area (Å²) in [5.41, 5.74) is 7.21. The van der Waals surface area contributed by atoms with Crippen molar-refractivity contribution in [3.63, 3.8) is 0 Å². The molecule has 2 N–H and O–H groups in total. The van der Waals surface area contributed by atoms with E-state index < -0.39 is 0 Å². The molecule has 0 atom stereocenters. The van der Waals surface area contributed by atoms with E-state index in [4.69, 9.17) is 10.5 Å². The fraction of sp³-hybridized carbons (Fsp3) is 0.500. The molecule has 1 heterocycles. The quantitative estimate of drug-likeness (QED) is 0.776. The van der Waals surface area contributed by atoms with Gasteiger partial charge in [0.2, 0.25) is 0 Å². The van der Waals surface area contributed by atoms with Crippen LogP contribution in [0.4, 0.5) is 5.69 Å². The van der Waals surface area contributed by atoms with Crippen molar-refractivity contribution in [1.29, 1.82) is 0 Å². The molecule has 0 aliphatic rings. The Morgan fingerprint density at radius 1 is 1.50 bits per heavy atom. The van der Waals surface area contributed by atoms with Crippen LogP contribution in [0, 0.1) is 6.92 Å². The van der Waals surface area contributed by atoms with Crippen LogP contribution in [-0.2, 0) is 0 Å². The van der Waals surface area contributed by atoms with E-state index in [0.717, 1.165) is 18.0 Å². The second kappa shape index (κ2) is 4.81. The maximum Gasteiger partial charge on any atom is 0.145 e. The van der Waals surface area contributed by atoms with E-state index in [0.29, 0.717) is 12.3 Å². The second-order valence-electron chi connectivity index (χ2n) is 3.52. The van der Waals surface area contributed by atoms with E-state index in [-0.39, 0.29) is 0 Å². The summed E-state index contributed by atoms with van der Waals surface area (Å²) in [5, 5.41) is 0. The van der Waals surface area contributed by atoms with Crippen molar-refractivity contribution < 1.29 is 4.74 Å². The minimum Gasteiger partial charge on any atom is -0.490 e. The van der Waals surface area contributed by atoms with Gasteiger partial charge in [-0.2, -0.15) is 0 Å². The van der Waals surface area contributed by atoms with E-state index in [1.165, 1.54) is 0 Å². The largest absolute Gasteiger partial charge is 0.490 e. The summed E-state index contributed by atoms with van der Waals surface area (Å²) < 4.78 is 5.52. The average Bonchev–Trinajstić information content (AvgIpc) is 2.10. The molecule has 1 aromatic rings. The van der Waals surface area contributed by atoms with Gasteiger partial charge in [-0.25, -0.2) is 0 Å². The van der Waals surface area contributed by atoms with Gasteiger partial charge in [0.1, 0.15) is 12.4 Å². The fourth-order valence-corrected chi connectivity index (χ4v) is 1.01. The van der Waals surface area contributed by atoms with Gasteiger partial charge in [0.05, 0.1) is 11.9 Å². The smallest absolute Gasteiger partial charge is 0.145 e. The summed E-state index contributed by atoms with van der Waals surface area (Å²) >= 11 is 0. The number of likely N-dealkylation sites (N-methyl/N-ethyl adjacent to an activating group) is 1. The first-order valence-electron chi connectivity index (χ1n) is 4.59. The van der Waals surface area contributed by atoms with Crippen molar-refractivity contribution in [3.8, 4) is 5.75 Å². The molecule has 0 amide bonds. The summed E-state index contributed by atoms with van der Waals surface area (Å²) in [4.78, 5) is 6.13. The van der Waals surface area contributed by atoms with Crippen molar-refractivity contribution in [2.45, 2.75) is 6.92 Å². The fourth-order valence-electron chi connectivity index (χ4n) is 1.01. The highest BCUT2D eigenvalue weighted by Gasteiger charge is 2.01. The van der Waals surface area contributed by atoms with Crippen LogP contribution in [-0.4, -0.2) is 37.1 Å². The number of nitrogens with zero attached hydrogens (tertiary/aromatic N) is 2. The molecule has 1 aromatic heterocycles. The Morgan fingerprint density at radius 2 is 2.21 bits per heavy atom. The summed E-state index contributed by atoms with van der Waals surface area (Å²) in [5.74, 6) is 0.722. The number of rotatable bonds is 4. The number of nitrogen functional groups attached to an aromatic ring is 1. The summed E-state index contributed by atoms with van der Waals surface area (Å²) in [6.45, 7) is 3.43. The summed E-state index contributed by atoms with van der Waals surface area (Å²) in [6, 6.07) is 1.85. The van der Waals surface area contributed by atoms with Gasteiger partial charge in [0.25, 0.3) is 0 Å². The third-order valence-electron chi connectivity index (χ3n) is 1.83. The van der Waals surface area contributed by atoms with E-state index >= 15 is 0 Å². The lowest BCUT2D eigenvalue weighted by atomic mass is 10.3. The van der Waals surface area contributed by atoms with Crippen molar-refractivity contribution >= 4 is 5.69 Å². The normalized spacial score (nSPS) is 10.6. The Labute approximate surface area is 84.7 Å². The topological polar surface area (TPSA) is 51.4 Å². The van der Waals surface area contributed by atoms with E-state index in [1.807, 2.05) is 27.1 Å². The Kier molecular flexibility index (Phi) is 3.71. The number of aryl methyl sites for hydroxylation is 1. The predicted octanol–water partition coefficient (Wildman–Crippen LogP) is 0.913. The first-order valence-corrected chi connectivity index (χ1v) is 4.59. The molecule has 0 spiro atoms. The highest BCUT2D eigenvalue weighted by Crippen LogP contribution is 2.20. The van der Waals surface area contributed by atoms with Gasteiger partial charge in [0, 0.05) is 18.3 Å². The average molecular weight is 195 g/mol. The second-order valence-corrected chi connectivity index (χ2v) is 3.52. The van der Waals surface area contributed by atoms with Gasteiger partial charge in [-0.3, -0.25) is 4.98 Å². The van der Waals surface area contributed by atoms with Gasteiger partial charge in [-0.1, -0.05) is 0 Å². The van der Waals surface area contributed by atoms with E-state index in [2.05, 4.69) is 9.88 Å². The Balaban J connectivity index is 2.53. The molecule has 0 aliphatic carbocycles. The van der Waals surface area contributed by atoms with Gasteiger partial charge < -0.3 is 15.4 Å². The maximum atomic E-state index is 5.71. The molecule has 78 valence electrons. The van der Waals surface area contributed by atoms with Gasteiger partial charge in [-0.05, 0) is 21.0 Å². The molecule has 0 unspecified atom stereocenters. The van der Waals surface area contributed by atoms with E-state index in [9.17, 15) is 0 Å². The van der Waals surface area contributed by atoms with Crippen LogP contribution in [0.25, 0.3) is 0 Å². The molecule has 14 heavy (non-hydrogen) atoms. The van der Waals surface area contributed by atoms with Crippen LogP contribution in [0.15, 0.2) is 12.3 Å². The lowest BCUT2D eigenvalue weighted by Gasteiger charge is -2.12. The minimum absolute atomic E-state index is 0.592. The Morgan fingerprint density at radius 3 is 2.86 bits per heavy atom. The van der Waals surface area contributed by atoms with Crippen molar-refractivity contribution in [2.24, 2.45) is 0 Å². The van der Waals surface area contributed by atoms with Gasteiger partial charge >= 0.3 is 0 Å².